The summed E-state index contributed by atoms with van der Waals surface area (Å²) in [6.07, 6.45) is 0. The Labute approximate surface area is 80.6 Å². The van der Waals surface area contributed by atoms with Crippen LogP contribution in [0.15, 0.2) is 0 Å². The number of hydrogen-bond acceptors (Lipinski definition) is 5. The predicted molar refractivity (Wildman–Crippen MR) is 51.6 cm³/mol. The van der Waals surface area contributed by atoms with Crippen molar-refractivity contribution in [3.63, 3.8) is 0 Å². The highest BCUT2D eigenvalue weighted by molar-refractivity contribution is 8.12. The van der Waals surface area contributed by atoms with Gasteiger partial charge in [0.15, 0.2) is 0 Å². The first-order valence-corrected chi connectivity index (χ1v) is 5.39. The molecule has 0 heterocycles. The zero-order valence-corrected chi connectivity index (χ0v) is 8.53. The number of hydrogen-bond donors (Lipinski definition) is 2. The Balaban J connectivity index is 3.62. The first kappa shape index (κ1) is 12.1. The third kappa shape index (κ3) is 5.70. The Morgan fingerprint density at radius 1 is 1.25 bits per heavy atom. The van der Waals surface area contributed by atoms with Gasteiger partial charge in [0.1, 0.15) is 0 Å². The van der Waals surface area contributed by atoms with E-state index >= 15 is 0 Å². The van der Waals surface area contributed by atoms with Crippen molar-refractivity contribution >= 4 is 29.8 Å². The average Bonchev–Trinajstić information content (AvgIpc) is 2.04. The van der Waals surface area contributed by atoms with Crippen LogP contribution in [0.5, 0.6) is 0 Å². The van der Waals surface area contributed by atoms with Crippen LogP contribution in [-0.4, -0.2) is 44.6 Å². The Hall–Kier alpha value is 0.0900. The summed E-state index contributed by atoms with van der Waals surface area (Å²) < 4.78 is 1.46. The van der Waals surface area contributed by atoms with Crippen LogP contribution in [0.4, 0.5) is 0 Å². The molecule has 0 aliphatic carbocycles. The number of carbonyl (C=O) groups excluding carboxylic acids is 1. The Morgan fingerprint density at radius 3 is 1.92 bits per heavy atom. The van der Waals surface area contributed by atoms with Crippen LogP contribution < -0.4 is 0 Å². The molecule has 0 saturated heterocycles. The molecule has 0 aromatic carbocycles. The van der Waals surface area contributed by atoms with Gasteiger partial charge in [-0.2, -0.15) is 0 Å². The van der Waals surface area contributed by atoms with Crippen molar-refractivity contribution in [3.05, 3.63) is 0 Å². The van der Waals surface area contributed by atoms with Gasteiger partial charge in [-0.15, -0.1) is 0 Å². The molecule has 0 unspecified atom stereocenters. The maximum atomic E-state index is 10.9. The summed E-state index contributed by atoms with van der Waals surface area (Å²) in [7, 11) is 0. The second kappa shape index (κ2) is 7.72. The lowest BCUT2D eigenvalue weighted by Gasteiger charge is -2.16. The van der Waals surface area contributed by atoms with Gasteiger partial charge in [-0.3, -0.25) is 4.79 Å². The molecule has 0 radical (unpaired) electrons. The molecular formula is C6H13NO3S2. The van der Waals surface area contributed by atoms with Crippen LogP contribution >= 0.6 is 23.9 Å². The van der Waals surface area contributed by atoms with Crippen molar-refractivity contribution < 1.29 is 15.0 Å². The van der Waals surface area contributed by atoms with Gasteiger partial charge in [0.25, 0.3) is 0 Å². The Morgan fingerprint density at radius 2 is 1.67 bits per heavy atom. The number of aliphatic hydroxyl groups excluding tert-OH is 2. The Kier molecular flexibility index (Phi) is 7.78. The minimum absolute atomic E-state index is 0.0497. The largest absolute Gasteiger partial charge is 0.395 e. The van der Waals surface area contributed by atoms with Gasteiger partial charge in [0.2, 0.25) is 5.91 Å². The summed E-state index contributed by atoms with van der Waals surface area (Å²) in [5.41, 5.74) is 0. The molecular weight excluding hydrogens is 198 g/mol. The van der Waals surface area contributed by atoms with Crippen LogP contribution in [0.3, 0.4) is 0 Å². The fourth-order valence-electron chi connectivity index (χ4n) is 0.467. The zero-order chi connectivity index (χ0) is 9.40. The van der Waals surface area contributed by atoms with Gasteiger partial charge in [0.05, 0.1) is 13.2 Å². The molecule has 0 spiro atoms. The molecule has 0 atom stereocenters. The van der Waals surface area contributed by atoms with Crippen LogP contribution in [0.25, 0.3) is 0 Å². The molecule has 1 amide bonds. The van der Waals surface area contributed by atoms with Crippen LogP contribution in [-0.2, 0) is 4.79 Å². The fourth-order valence-corrected chi connectivity index (χ4v) is 2.07. The highest BCUT2D eigenvalue weighted by Crippen LogP contribution is 2.20. The first-order valence-electron chi connectivity index (χ1n) is 3.50. The quantitative estimate of drug-likeness (QED) is 0.611. The van der Waals surface area contributed by atoms with Gasteiger partial charge in [-0.1, -0.05) is 0 Å². The summed E-state index contributed by atoms with van der Waals surface area (Å²) in [6, 6.07) is 0. The van der Waals surface area contributed by atoms with Gasteiger partial charge in [0, 0.05) is 18.4 Å². The predicted octanol–water partition coefficient (Wildman–Crippen LogP) is 0.116. The van der Waals surface area contributed by atoms with E-state index in [2.05, 4.69) is 0 Å². The first-order chi connectivity index (χ1) is 5.72. The van der Waals surface area contributed by atoms with Crippen molar-refractivity contribution in [2.24, 2.45) is 0 Å². The molecule has 4 nitrogen and oxygen atoms in total. The highest BCUT2D eigenvalue weighted by atomic mass is 32.2. The van der Waals surface area contributed by atoms with Gasteiger partial charge in [-0.05, 0) is 23.9 Å². The molecule has 2 N–H and O–H groups in total. The minimum atomic E-state index is -0.0769. The molecule has 0 aliphatic rings. The van der Waals surface area contributed by atoms with E-state index in [0.29, 0.717) is 11.5 Å². The van der Waals surface area contributed by atoms with E-state index in [9.17, 15) is 4.79 Å². The minimum Gasteiger partial charge on any atom is -0.395 e. The van der Waals surface area contributed by atoms with E-state index in [0.717, 1.165) is 0 Å². The molecule has 0 rings (SSSR count). The Bertz CT molecular complexity index is 126. The maximum absolute atomic E-state index is 10.9. The summed E-state index contributed by atoms with van der Waals surface area (Å²) in [5, 5.41) is 17.0. The monoisotopic (exact) mass is 211 g/mol. The number of carbonyl (C=O) groups is 1. The summed E-state index contributed by atoms with van der Waals surface area (Å²) in [6.45, 7) is 1.55. The molecule has 6 heteroatoms. The van der Waals surface area contributed by atoms with Gasteiger partial charge < -0.3 is 10.2 Å². The lowest BCUT2D eigenvalue weighted by molar-refractivity contribution is -0.120. The lowest BCUT2D eigenvalue weighted by atomic mass is 10.8. The second-order valence-corrected chi connectivity index (χ2v) is 4.18. The van der Waals surface area contributed by atoms with Crippen molar-refractivity contribution in [3.8, 4) is 0 Å². The SMILES string of the molecule is CC(=O)N(SCCO)SCCO. The number of rotatable bonds is 6. The zero-order valence-electron chi connectivity index (χ0n) is 6.89. The van der Waals surface area contributed by atoms with E-state index in [1.165, 1.54) is 34.5 Å². The van der Waals surface area contributed by atoms with E-state index < -0.39 is 0 Å². The summed E-state index contributed by atoms with van der Waals surface area (Å²) in [4.78, 5) is 10.9. The van der Waals surface area contributed by atoms with E-state index in [1.807, 2.05) is 0 Å². The van der Waals surface area contributed by atoms with Crippen molar-refractivity contribution in [2.75, 3.05) is 24.7 Å². The standard InChI is InChI=1S/C6H13NO3S2/c1-6(10)7(11-4-2-8)12-5-3-9/h8-9H,2-5H2,1H3. The number of amides is 1. The second-order valence-electron chi connectivity index (χ2n) is 1.89. The smallest absolute Gasteiger partial charge is 0.239 e. The topological polar surface area (TPSA) is 60.8 Å². The molecule has 0 aliphatic heterocycles. The van der Waals surface area contributed by atoms with E-state index in [1.54, 1.807) is 0 Å². The van der Waals surface area contributed by atoms with Crippen LogP contribution in [0, 0.1) is 0 Å². The van der Waals surface area contributed by atoms with Crippen LogP contribution in [0.1, 0.15) is 6.92 Å². The third-order valence-corrected chi connectivity index (χ3v) is 3.20. The fraction of sp³-hybridized carbons (Fsp3) is 0.833. The number of nitrogens with zero attached hydrogens (tertiary/aromatic N) is 1. The van der Waals surface area contributed by atoms with Gasteiger partial charge in [-0.25, -0.2) is 3.71 Å². The molecule has 0 saturated carbocycles. The molecule has 72 valence electrons. The van der Waals surface area contributed by atoms with Crippen LogP contribution in [0.2, 0.25) is 0 Å². The lowest BCUT2D eigenvalue weighted by Crippen LogP contribution is -2.15. The molecule has 12 heavy (non-hydrogen) atoms. The normalized spacial score (nSPS) is 9.92. The highest BCUT2D eigenvalue weighted by Gasteiger charge is 2.08. The molecule has 0 fully saturated rings. The van der Waals surface area contributed by atoms with Gasteiger partial charge >= 0.3 is 0 Å². The van der Waals surface area contributed by atoms with Crippen molar-refractivity contribution in [2.45, 2.75) is 6.92 Å². The maximum Gasteiger partial charge on any atom is 0.239 e. The summed E-state index contributed by atoms with van der Waals surface area (Å²) >= 11 is 2.51. The molecule has 0 bridgehead atoms. The van der Waals surface area contributed by atoms with E-state index in [-0.39, 0.29) is 19.1 Å². The molecule has 0 aromatic rings. The summed E-state index contributed by atoms with van der Waals surface area (Å²) in [5.74, 6) is 0.919. The van der Waals surface area contributed by atoms with Crippen molar-refractivity contribution in [1.82, 2.24) is 3.71 Å². The molecule has 0 aromatic heterocycles. The number of aliphatic hydroxyl groups is 2. The third-order valence-electron chi connectivity index (χ3n) is 0.857. The van der Waals surface area contributed by atoms with E-state index in [4.69, 9.17) is 10.2 Å². The van der Waals surface area contributed by atoms with Crippen molar-refractivity contribution in [1.29, 1.82) is 0 Å². The average molecular weight is 211 g/mol.